The van der Waals surface area contributed by atoms with Crippen molar-refractivity contribution in [1.29, 1.82) is 0 Å². The smallest absolute Gasteiger partial charge is 0.254 e. The van der Waals surface area contributed by atoms with Gasteiger partial charge in [0.1, 0.15) is 0 Å². The van der Waals surface area contributed by atoms with E-state index in [9.17, 15) is 9.59 Å². The van der Waals surface area contributed by atoms with Crippen molar-refractivity contribution in [2.45, 2.75) is 13.3 Å². The Balaban J connectivity index is 2.59. The summed E-state index contributed by atoms with van der Waals surface area (Å²) in [5.74, 6) is -0.300. The third-order valence-electron chi connectivity index (χ3n) is 2.37. The fourth-order valence-electron chi connectivity index (χ4n) is 1.45. The van der Waals surface area contributed by atoms with E-state index in [4.69, 9.17) is 0 Å². The van der Waals surface area contributed by atoms with E-state index < -0.39 is 0 Å². The van der Waals surface area contributed by atoms with Gasteiger partial charge < -0.3 is 10.2 Å². The van der Waals surface area contributed by atoms with Crippen LogP contribution in [0, 0.1) is 0 Å². The lowest BCUT2D eigenvalue weighted by Crippen LogP contribution is -2.38. The van der Waals surface area contributed by atoms with Gasteiger partial charge in [-0.05, 0) is 24.6 Å². The molecule has 0 saturated heterocycles. The number of hydrogen-bond donors (Lipinski definition) is 1. The van der Waals surface area contributed by atoms with Crippen molar-refractivity contribution in [3.63, 3.8) is 0 Å². The van der Waals surface area contributed by atoms with Gasteiger partial charge in [0, 0.05) is 23.6 Å². The Kier molecular flexibility index (Phi) is 5.85. The SMILES string of the molecule is CCCNC(=O)CN(C)C(=O)c1cccc(Br)c1. The Bertz CT molecular complexity index is 435. The minimum atomic E-state index is -0.164. The molecule has 0 spiro atoms. The lowest BCUT2D eigenvalue weighted by atomic mass is 10.2. The highest BCUT2D eigenvalue weighted by atomic mass is 79.9. The van der Waals surface area contributed by atoms with Gasteiger partial charge in [-0.2, -0.15) is 0 Å². The van der Waals surface area contributed by atoms with Gasteiger partial charge in [-0.25, -0.2) is 0 Å². The molecule has 0 aliphatic carbocycles. The van der Waals surface area contributed by atoms with E-state index >= 15 is 0 Å². The molecule has 5 heteroatoms. The second-order valence-corrected chi connectivity index (χ2v) is 4.94. The van der Waals surface area contributed by atoms with Crippen LogP contribution in [0.25, 0.3) is 0 Å². The Morgan fingerprint density at radius 2 is 2.11 bits per heavy atom. The quantitative estimate of drug-likeness (QED) is 0.904. The maximum atomic E-state index is 12.0. The van der Waals surface area contributed by atoms with Crippen LogP contribution in [0.3, 0.4) is 0 Å². The van der Waals surface area contributed by atoms with E-state index in [2.05, 4.69) is 21.2 Å². The molecule has 1 N–H and O–H groups in total. The molecule has 98 valence electrons. The highest BCUT2D eigenvalue weighted by Crippen LogP contribution is 2.12. The van der Waals surface area contributed by atoms with Crippen LogP contribution in [0.2, 0.25) is 0 Å². The summed E-state index contributed by atoms with van der Waals surface area (Å²) >= 11 is 3.31. The summed E-state index contributed by atoms with van der Waals surface area (Å²) in [6.07, 6.45) is 0.884. The van der Waals surface area contributed by atoms with Crippen LogP contribution in [0.1, 0.15) is 23.7 Å². The minimum Gasteiger partial charge on any atom is -0.355 e. The van der Waals surface area contributed by atoms with Gasteiger partial charge in [-0.1, -0.05) is 28.9 Å². The molecule has 4 nitrogen and oxygen atoms in total. The Labute approximate surface area is 115 Å². The third-order valence-corrected chi connectivity index (χ3v) is 2.86. The van der Waals surface area contributed by atoms with Gasteiger partial charge in [0.15, 0.2) is 0 Å². The van der Waals surface area contributed by atoms with Crippen molar-refractivity contribution >= 4 is 27.7 Å². The third kappa shape index (κ3) is 4.49. The van der Waals surface area contributed by atoms with E-state index in [0.717, 1.165) is 10.9 Å². The molecule has 0 atom stereocenters. The summed E-state index contributed by atoms with van der Waals surface area (Å²) < 4.78 is 0.845. The Morgan fingerprint density at radius 1 is 1.39 bits per heavy atom. The monoisotopic (exact) mass is 312 g/mol. The second-order valence-electron chi connectivity index (χ2n) is 4.02. The van der Waals surface area contributed by atoms with Crippen LogP contribution in [0.5, 0.6) is 0 Å². The molecule has 2 amide bonds. The maximum absolute atomic E-state index is 12.0. The standard InChI is InChI=1S/C13H17BrN2O2/c1-3-7-15-12(17)9-16(2)13(18)10-5-4-6-11(14)8-10/h4-6,8H,3,7,9H2,1-2H3,(H,15,17). The Hall–Kier alpha value is -1.36. The summed E-state index contributed by atoms with van der Waals surface area (Å²) in [6.45, 7) is 2.69. The average Bonchev–Trinajstić information content (AvgIpc) is 2.35. The molecule has 1 rings (SSSR count). The second kappa shape index (κ2) is 7.16. The van der Waals surface area contributed by atoms with Crippen LogP contribution in [0.15, 0.2) is 28.7 Å². The molecule has 1 aromatic carbocycles. The number of likely N-dealkylation sites (N-methyl/N-ethyl adjacent to an activating group) is 1. The molecule has 0 unspecified atom stereocenters. The molecule has 0 aromatic heterocycles. The molecular formula is C13H17BrN2O2. The molecule has 0 heterocycles. The first-order valence-corrected chi connectivity index (χ1v) is 6.61. The number of carbonyl (C=O) groups excluding carboxylic acids is 2. The number of rotatable bonds is 5. The number of halogens is 1. The summed E-state index contributed by atoms with van der Waals surface area (Å²) in [5, 5.41) is 2.74. The van der Waals surface area contributed by atoms with Gasteiger partial charge >= 0.3 is 0 Å². The number of amides is 2. The van der Waals surface area contributed by atoms with Crippen LogP contribution in [-0.2, 0) is 4.79 Å². The minimum absolute atomic E-state index is 0.0747. The van der Waals surface area contributed by atoms with Crippen LogP contribution < -0.4 is 5.32 Å². The van der Waals surface area contributed by atoms with Gasteiger partial charge in [0.2, 0.25) is 5.91 Å². The molecule has 1 aromatic rings. The van der Waals surface area contributed by atoms with E-state index in [1.165, 1.54) is 4.90 Å². The van der Waals surface area contributed by atoms with Crippen LogP contribution in [0.4, 0.5) is 0 Å². The van der Waals surface area contributed by atoms with Crippen molar-refractivity contribution in [2.24, 2.45) is 0 Å². The molecule has 0 bridgehead atoms. The zero-order valence-corrected chi connectivity index (χ0v) is 12.2. The zero-order chi connectivity index (χ0) is 13.5. The highest BCUT2D eigenvalue weighted by Gasteiger charge is 2.14. The normalized spacial score (nSPS) is 9.94. The fourth-order valence-corrected chi connectivity index (χ4v) is 1.85. The summed E-state index contributed by atoms with van der Waals surface area (Å²) in [6, 6.07) is 7.11. The van der Waals surface area contributed by atoms with Crippen molar-refractivity contribution in [2.75, 3.05) is 20.1 Å². The number of benzene rings is 1. The lowest BCUT2D eigenvalue weighted by molar-refractivity contribution is -0.121. The largest absolute Gasteiger partial charge is 0.355 e. The van der Waals surface area contributed by atoms with Gasteiger partial charge in [-0.15, -0.1) is 0 Å². The zero-order valence-electron chi connectivity index (χ0n) is 10.6. The predicted octanol–water partition coefficient (Wildman–Crippen LogP) is 2.05. The average molecular weight is 313 g/mol. The topological polar surface area (TPSA) is 49.4 Å². The summed E-state index contributed by atoms with van der Waals surface area (Å²) in [4.78, 5) is 24.9. The molecule has 0 aliphatic rings. The molecule has 0 fully saturated rings. The van der Waals surface area contributed by atoms with Crippen molar-refractivity contribution < 1.29 is 9.59 Å². The molecule has 0 saturated carbocycles. The molecule has 0 radical (unpaired) electrons. The number of nitrogens with one attached hydrogen (secondary N) is 1. The number of carbonyl (C=O) groups is 2. The Morgan fingerprint density at radius 3 is 2.72 bits per heavy atom. The summed E-state index contributed by atoms with van der Waals surface area (Å²) in [7, 11) is 1.62. The van der Waals surface area contributed by atoms with Crippen LogP contribution >= 0.6 is 15.9 Å². The fraction of sp³-hybridized carbons (Fsp3) is 0.385. The molecule has 0 aliphatic heterocycles. The first-order chi connectivity index (χ1) is 8.54. The van der Waals surface area contributed by atoms with E-state index in [1.54, 1.807) is 25.2 Å². The van der Waals surface area contributed by atoms with Crippen molar-refractivity contribution in [1.82, 2.24) is 10.2 Å². The van der Waals surface area contributed by atoms with E-state index in [0.29, 0.717) is 12.1 Å². The van der Waals surface area contributed by atoms with Crippen molar-refractivity contribution in [3.05, 3.63) is 34.3 Å². The van der Waals surface area contributed by atoms with Crippen molar-refractivity contribution in [3.8, 4) is 0 Å². The van der Waals surface area contributed by atoms with Gasteiger partial charge in [-0.3, -0.25) is 9.59 Å². The molecule has 18 heavy (non-hydrogen) atoms. The summed E-state index contributed by atoms with van der Waals surface area (Å²) in [5.41, 5.74) is 0.565. The molecular weight excluding hydrogens is 296 g/mol. The van der Waals surface area contributed by atoms with E-state index in [1.807, 2.05) is 13.0 Å². The van der Waals surface area contributed by atoms with Gasteiger partial charge in [0.05, 0.1) is 6.54 Å². The maximum Gasteiger partial charge on any atom is 0.254 e. The van der Waals surface area contributed by atoms with Gasteiger partial charge in [0.25, 0.3) is 5.91 Å². The first kappa shape index (κ1) is 14.7. The lowest BCUT2D eigenvalue weighted by Gasteiger charge is -2.16. The van der Waals surface area contributed by atoms with E-state index in [-0.39, 0.29) is 18.4 Å². The number of nitrogens with zero attached hydrogens (tertiary/aromatic N) is 1. The van der Waals surface area contributed by atoms with Crippen LogP contribution in [-0.4, -0.2) is 36.9 Å². The highest BCUT2D eigenvalue weighted by molar-refractivity contribution is 9.10. The first-order valence-electron chi connectivity index (χ1n) is 5.82. The number of hydrogen-bond acceptors (Lipinski definition) is 2. The predicted molar refractivity (Wildman–Crippen MR) is 74.4 cm³/mol.